The van der Waals surface area contributed by atoms with Gasteiger partial charge in [0.1, 0.15) is 5.75 Å². The van der Waals surface area contributed by atoms with E-state index in [1.807, 2.05) is 12.1 Å². The molecule has 30 heavy (non-hydrogen) atoms. The molecule has 0 atom stereocenters. The molecule has 0 saturated carbocycles. The molecule has 0 spiro atoms. The first-order chi connectivity index (χ1) is 14.7. The molecule has 0 amide bonds. The number of hydrogen-bond donors (Lipinski definition) is 0. The molecule has 2 aromatic carbocycles. The highest BCUT2D eigenvalue weighted by molar-refractivity contribution is 6.06. The van der Waals surface area contributed by atoms with Crippen LogP contribution in [-0.2, 0) is 6.42 Å². The van der Waals surface area contributed by atoms with Crippen molar-refractivity contribution in [3.05, 3.63) is 47.9 Å². The quantitative estimate of drug-likeness (QED) is 0.161. The van der Waals surface area contributed by atoms with Gasteiger partial charge in [-0.1, -0.05) is 77.3 Å². The molecular formula is C27H36FNO. The summed E-state index contributed by atoms with van der Waals surface area (Å²) in [6.45, 7) is 5.12. The zero-order chi connectivity index (χ0) is 21.2. The Bertz CT molecular complexity index is 937. The molecule has 0 aliphatic rings. The van der Waals surface area contributed by atoms with Crippen LogP contribution in [0.5, 0.6) is 5.75 Å². The van der Waals surface area contributed by atoms with Gasteiger partial charge in [0.25, 0.3) is 0 Å². The van der Waals surface area contributed by atoms with Gasteiger partial charge in [-0.05, 0) is 54.5 Å². The van der Waals surface area contributed by atoms with Gasteiger partial charge in [-0.2, -0.15) is 4.39 Å². The fourth-order valence-corrected chi connectivity index (χ4v) is 4.07. The van der Waals surface area contributed by atoms with E-state index in [0.717, 1.165) is 34.9 Å². The van der Waals surface area contributed by atoms with Gasteiger partial charge in [-0.15, -0.1) is 0 Å². The molecule has 0 fully saturated rings. The van der Waals surface area contributed by atoms with E-state index >= 15 is 0 Å². The summed E-state index contributed by atoms with van der Waals surface area (Å²) < 4.78 is 20.6. The van der Waals surface area contributed by atoms with Gasteiger partial charge in [0.2, 0.25) is 5.95 Å². The summed E-state index contributed by atoms with van der Waals surface area (Å²) in [5.41, 5.74) is 1.99. The van der Waals surface area contributed by atoms with Gasteiger partial charge in [0.05, 0.1) is 12.1 Å². The Morgan fingerprint density at radius 2 is 1.43 bits per heavy atom. The molecule has 0 unspecified atom stereocenters. The number of benzene rings is 2. The third kappa shape index (κ3) is 6.17. The van der Waals surface area contributed by atoms with Crippen LogP contribution >= 0.6 is 0 Å². The van der Waals surface area contributed by atoms with E-state index in [-0.39, 0.29) is 0 Å². The van der Waals surface area contributed by atoms with E-state index in [1.165, 1.54) is 63.4 Å². The Hall–Kier alpha value is -2.16. The number of fused-ring (bicyclic) bond motifs is 3. The molecule has 1 aromatic heterocycles. The molecule has 3 aromatic rings. The van der Waals surface area contributed by atoms with Crippen molar-refractivity contribution in [1.29, 1.82) is 0 Å². The molecule has 0 aliphatic carbocycles. The third-order valence-electron chi connectivity index (χ3n) is 5.87. The van der Waals surface area contributed by atoms with Gasteiger partial charge < -0.3 is 4.74 Å². The summed E-state index contributed by atoms with van der Waals surface area (Å²) in [7, 11) is 0. The Kier molecular flexibility index (Phi) is 8.92. The molecule has 0 radical (unpaired) electrons. The van der Waals surface area contributed by atoms with E-state index in [0.29, 0.717) is 12.0 Å². The molecule has 162 valence electrons. The average molecular weight is 410 g/mol. The summed E-state index contributed by atoms with van der Waals surface area (Å²) in [6.07, 6.45) is 13.4. The van der Waals surface area contributed by atoms with E-state index < -0.39 is 5.95 Å². The highest BCUT2D eigenvalue weighted by Gasteiger charge is 2.10. The number of pyridine rings is 1. The van der Waals surface area contributed by atoms with Crippen LogP contribution in [0.1, 0.15) is 83.6 Å². The van der Waals surface area contributed by atoms with Crippen molar-refractivity contribution in [2.24, 2.45) is 0 Å². The predicted octanol–water partition coefficient (Wildman–Crippen LogP) is 8.39. The van der Waals surface area contributed by atoms with Crippen molar-refractivity contribution < 1.29 is 9.13 Å². The second kappa shape index (κ2) is 11.9. The van der Waals surface area contributed by atoms with Crippen molar-refractivity contribution in [2.45, 2.75) is 84.5 Å². The number of ether oxygens (including phenoxy) is 1. The van der Waals surface area contributed by atoms with E-state index in [2.05, 4.69) is 37.0 Å². The van der Waals surface area contributed by atoms with Crippen LogP contribution in [0.2, 0.25) is 0 Å². The first-order valence-electron chi connectivity index (χ1n) is 11.9. The maximum Gasteiger partial charge on any atom is 0.221 e. The number of unbranched alkanes of at least 4 members (excludes halogenated alkanes) is 8. The van der Waals surface area contributed by atoms with E-state index in [1.54, 1.807) is 6.07 Å². The van der Waals surface area contributed by atoms with Crippen LogP contribution in [0.4, 0.5) is 4.39 Å². The average Bonchev–Trinajstić information content (AvgIpc) is 2.76. The number of rotatable bonds is 13. The summed E-state index contributed by atoms with van der Waals surface area (Å²) in [4.78, 5) is 4.27. The fraction of sp³-hybridized carbons (Fsp3) is 0.519. The SMILES string of the molecule is CCCCCCCCc1ccc2c(c1)nc(F)c1cc(OCCCCCC)ccc12. The topological polar surface area (TPSA) is 22.1 Å². The lowest BCUT2D eigenvalue weighted by Gasteiger charge is -2.10. The maximum atomic E-state index is 14.8. The first kappa shape index (κ1) is 22.5. The van der Waals surface area contributed by atoms with Crippen LogP contribution in [-0.4, -0.2) is 11.6 Å². The standard InChI is InChI=1S/C27H36FNO/c1-3-5-7-9-10-11-13-21-14-16-24-23-17-15-22(30-18-12-8-6-4-2)20-25(23)27(28)29-26(24)19-21/h14-17,19-20H,3-13,18H2,1-2H3. The number of aryl methyl sites for hydroxylation is 1. The Morgan fingerprint density at radius 1 is 0.733 bits per heavy atom. The minimum atomic E-state index is -0.411. The van der Waals surface area contributed by atoms with Crippen LogP contribution in [0.25, 0.3) is 21.7 Å². The fourth-order valence-electron chi connectivity index (χ4n) is 4.07. The zero-order valence-corrected chi connectivity index (χ0v) is 18.7. The zero-order valence-electron chi connectivity index (χ0n) is 18.7. The smallest absolute Gasteiger partial charge is 0.221 e. The highest BCUT2D eigenvalue weighted by atomic mass is 19.1. The number of halogens is 1. The summed E-state index contributed by atoms with van der Waals surface area (Å²) >= 11 is 0. The van der Waals surface area contributed by atoms with Gasteiger partial charge in [0, 0.05) is 10.8 Å². The molecule has 0 saturated heterocycles. The van der Waals surface area contributed by atoms with Gasteiger partial charge in [-0.25, -0.2) is 4.98 Å². The van der Waals surface area contributed by atoms with Crippen LogP contribution in [0.3, 0.4) is 0 Å². The predicted molar refractivity (Wildman–Crippen MR) is 126 cm³/mol. The lowest BCUT2D eigenvalue weighted by atomic mass is 10.0. The number of nitrogens with zero attached hydrogens (tertiary/aromatic N) is 1. The Morgan fingerprint density at radius 3 is 2.23 bits per heavy atom. The summed E-state index contributed by atoms with van der Waals surface area (Å²) in [5, 5.41) is 2.45. The number of aromatic nitrogens is 1. The lowest BCUT2D eigenvalue weighted by molar-refractivity contribution is 0.305. The maximum absolute atomic E-state index is 14.8. The number of hydrogen-bond acceptors (Lipinski definition) is 2. The molecule has 1 heterocycles. The Labute approximate surface area is 180 Å². The lowest BCUT2D eigenvalue weighted by Crippen LogP contribution is -1.98. The minimum Gasteiger partial charge on any atom is -0.494 e. The normalized spacial score (nSPS) is 11.4. The summed E-state index contributed by atoms with van der Waals surface area (Å²) in [5.74, 6) is 0.310. The molecule has 3 heteroatoms. The van der Waals surface area contributed by atoms with Gasteiger partial charge >= 0.3 is 0 Å². The van der Waals surface area contributed by atoms with Crippen molar-refractivity contribution in [3.63, 3.8) is 0 Å². The van der Waals surface area contributed by atoms with Crippen LogP contribution < -0.4 is 4.74 Å². The van der Waals surface area contributed by atoms with Crippen molar-refractivity contribution in [3.8, 4) is 5.75 Å². The molecule has 0 N–H and O–H groups in total. The van der Waals surface area contributed by atoms with Crippen molar-refractivity contribution in [1.82, 2.24) is 4.98 Å². The highest BCUT2D eigenvalue weighted by Crippen LogP contribution is 2.30. The summed E-state index contributed by atoms with van der Waals surface area (Å²) in [6, 6.07) is 12.0. The minimum absolute atomic E-state index is 0.411. The van der Waals surface area contributed by atoms with Crippen LogP contribution in [0, 0.1) is 5.95 Å². The monoisotopic (exact) mass is 409 g/mol. The molecule has 0 bridgehead atoms. The van der Waals surface area contributed by atoms with E-state index in [4.69, 9.17) is 4.74 Å². The molecule has 3 rings (SSSR count). The van der Waals surface area contributed by atoms with Gasteiger partial charge in [-0.3, -0.25) is 0 Å². The first-order valence-corrected chi connectivity index (χ1v) is 11.9. The third-order valence-corrected chi connectivity index (χ3v) is 5.87. The molecule has 0 aliphatic heterocycles. The second-order valence-corrected chi connectivity index (χ2v) is 8.39. The van der Waals surface area contributed by atoms with E-state index in [9.17, 15) is 4.39 Å². The van der Waals surface area contributed by atoms with Crippen LogP contribution in [0.15, 0.2) is 36.4 Å². The van der Waals surface area contributed by atoms with Crippen molar-refractivity contribution >= 4 is 21.7 Å². The largest absolute Gasteiger partial charge is 0.494 e. The Balaban J connectivity index is 1.68. The second-order valence-electron chi connectivity index (χ2n) is 8.39. The molecule has 2 nitrogen and oxygen atoms in total. The molecular weight excluding hydrogens is 373 g/mol. The van der Waals surface area contributed by atoms with Crippen molar-refractivity contribution in [2.75, 3.05) is 6.61 Å². The van der Waals surface area contributed by atoms with Gasteiger partial charge in [0.15, 0.2) is 0 Å².